The largest absolute Gasteiger partial charge is 0.493 e. The number of hydrogen-bond donors (Lipinski definition) is 2. The van der Waals surface area contributed by atoms with Gasteiger partial charge in [0.2, 0.25) is 0 Å². The summed E-state index contributed by atoms with van der Waals surface area (Å²) in [7, 11) is 5.22. The molecular formula is C19H30N6O2. The van der Waals surface area contributed by atoms with Gasteiger partial charge in [-0.2, -0.15) is 0 Å². The Morgan fingerprint density at radius 2 is 1.93 bits per heavy atom. The molecule has 0 aliphatic carbocycles. The van der Waals surface area contributed by atoms with Crippen molar-refractivity contribution in [3.05, 3.63) is 35.4 Å². The second-order valence-electron chi connectivity index (χ2n) is 6.21. The number of rotatable bonds is 9. The average Bonchev–Trinajstić information content (AvgIpc) is 3.01. The third kappa shape index (κ3) is 5.87. The number of nitrogens with zero attached hydrogens (tertiary/aromatic N) is 4. The van der Waals surface area contributed by atoms with Crippen LogP contribution in [0.15, 0.2) is 23.2 Å². The predicted octanol–water partition coefficient (Wildman–Crippen LogP) is 2.18. The highest BCUT2D eigenvalue weighted by molar-refractivity contribution is 5.79. The van der Waals surface area contributed by atoms with Gasteiger partial charge in [-0.1, -0.05) is 19.4 Å². The quantitative estimate of drug-likeness (QED) is 0.397. The number of unbranched alkanes of at least 4 members (excludes halogenated alkanes) is 1. The van der Waals surface area contributed by atoms with Gasteiger partial charge in [0.05, 0.1) is 27.3 Å². The van der Waals surface area contributed by atoms with Crippen molar-refractivity contribution in [3.63, 3.8) is 0 Å². The van der Waals surface area contributed by atoms with Gasteiger partial charge in [-0.05, 0) is 31.0 Å². The molecule has 0 bridgehead atoms. The lowest BCUT2D eigenvalue weighted by molar-refractivity contribution is 0.354. The van der Waals surface area contributed by atoms with Gasteiger partial charge in [-0.3, -0.25) is 0 Å². The van der Waals surface area contributed by atoms with E-state index in [1.807, 2.05) is 36.7 Å². The monoisotopic (exact) mass is 374 g/mol. The van der Waals surface area contributed by atoms with Crippen LogP contribution in [0.3, 0.4) is 0 Å². The average molecular weight is 374 g/mol. The molecule has 0 fully saturated rings. The molecule has 27 heavy (non-hydrogen) atoms. The van der Waals surface area contributed by atoms with E-state index >= 15 is 0 Å². The molecular weight excluding hydrogens is 344 g/mol. The molecule has 0 amide bonds. The molecule has 2 aromatic rings. The molecule has 0 saturated heterocycles. The van der Waals surface area contributed by atoms with Crippen molar-refractivity contribution < 1.29 is 9.47 Å². The van der Waals surface area contributed by atoms with Crippen molar-refractivity contribution in [3.8, 4) is 11.5 Å². The van der Waals surface area contributed by atoms with Crippen LogP contribution in [0.25, 0.3) is 0 Å². The van der Waals surface area contributed by atoms with Crippen LogP contribution in [0.4, 0.5) is 0 Å². The maximum atomic E-state index is 5.36. The zero-order chi connectivity index (χ0) is 19.6. The molecule has 0 saturated carbocycles. The van der Waals surface area contributed by atoms with Gasteiger partial charge in [0, 0.05) is 13.6 Å². The van der Waals surface area contributed by atoms with Crippen LogP contribution >= 0.6 is 0 Å². The molecule has 0 unspecified atom stereocenters. The van der Waals surface area contributed by atoms with Crippen molar-refractivity contribution in [2.24, 2.45) is 12.0 Å². The molecule has 1 aromatic heterocycles. The van der Waals surface area contributed by atoms with Gasteiger partial charge >= 0.3 is 0 Å². The van der Waals surface area contributed by atoms with Crippen LogP contribution in [0.5, 0.6) is 11.5 Å². The minimum atomic E-state index is 0.527. The first-order chi connectivity index (χ1) is 13.1. The Hall–Kier alpha value is -2.77. The fraction of sp³-hybridized carbons (Fsp3) is 0.526. The van der Waals surface area contributed by atoms with Gasteiger partial charge in [0.15, 0.2) is 23.3 Å². The van der Waals surface area contributed by atoms with Crippen molar-refractivity contribution in [1.29, 1.82) is 0 Å². The second kappa shape index (κ2) is 10.4. The topological polar surface area (TPSA) is 85.6 Å². The lowest BCUT2D eigenvalue weighted by Crippen LogP contribution is -2.38. The standard InChI is InChI=1S/C19H30N6O2/c1-6-7-10-20-19(22-13-18-24-23-14(2)25(18)3)21-12-15-8-9-16(26-4)17(11-15)27-5/h8-9,11H,6-7,10,12-13H2,1-5H3,(H2,20,21,22). The molecule has 1 heterocycles. The summed E-state index contributed by atoms with van der Waals surface area (Å²) in [6.07, 6.45) is 2.21. The Morgan fingerprint density at radius 1 is 1.15 bits per heavy atom. The van der Waals surface area contributed by atoms with E-state index in [2.05, 4.69) is 32.7 Å². The van der Waals surface area contributed by atoms with Gasteiger partial charge in [0.1, 0.15) is 5.82 Å². The normalized spacial score (nSPS) is 11.4. The van der Waals surface area contributed by atoms with E-state index in [1.54, 1.807) is 14.2 Å². The maximum absolute atomic E-state index is 5.36. The van der Waals surface area contributed by atoms with Crippen molar-refractivity contribution in [2.75, 3.05) is 20.8 Å². The molecule has 0 spiro atoms. The third-order valence-electron chi connectivity index (χ3n) is 4.29. The van der Waals surface area contributed by atoms with E-state index in [4.69, 9.17) is 9.47 Å². The second-order valence-corrected chi connectivity index (χ2v) is 6.21. The summed E-state index contributed by atoms with van der Waals surface area (Å²) in [4.78, 5) is 4.69. The number of aliphatic imine (C=N–C) groups is 1. The molecule has 0 aliphatic rings. The van der Waals surface area contributed by atoms with Crippen molar-refractivity contribution >= 4 is 5.96 Å². The highest BCUT2D eigenvalue weighted by Gasteiger charge is 2.07. The lowest BCUT2D eigenvalue weighted by atomic mass is 10.2. The van der Waals surface area contributed by atoms with Gasteiger partial charge in [-0.15, -0.1) is 10.2 Å². The molecule has 1 aromatic carbocycles. The number of nitrogens with one attached hydrogen (secondary N) is 2. The molecule has 148 valence electrons. The highest BCUT2D eigenvalue weighted by atomic mass is 16.5. The Kier molecular flexibility index (Phi) is 7.91. The molecule has 2 rings (SSSR count). The summed E-state index contributed by atoms with van der Waals surface area (Å²) >= 11 is 0. The Labute approximate surface area is 161 Å². The first-order valence-corrected chi connectivity index (χ1v) is 9.17. The zero-order valence-corrected chi connectivity index (χ0v) is 16.9. The molecule has 8 heteroatoms. The zero-order valence-electron chi connectivity index (χ0n) is 16.9. The smallest absolute Gasteiger partial charge is 0.191 e. The number of methoxy groups -OCH3 is 2. The third-order valence-corrected chi connectivity index (χ3v) is 4.29. The van der Waals surface area contributed by atoms with Crippen LogP contribution in [-0.4, -0.2) is 41.5 Å². The van der Waals surface area contributed by atoms with Gasteiger partial charge in [0.25, 0.3) is 0 Å². The number of aryl methyl sites for hydroxylation is 1. The SMILES string of the molecule is CCCCNC(=NCc1ccc(OC)c(OC)c1)NCc1nnc(C)n1C. The fourth-order valence-corrected chi connectivity index (χ4v) is 2.47. The van der Waals surface area contributed by atoms with Crippen molar-refractivity contribution in [1.82, 2.24) is 25.4 Å². The van der Waals surface area contributed by atoms with E-state index < -0.39 is 0 Å². The number of aromatic nitrogens is 3. The molecule has 0 atom stereocenters. The Bertz CT molecular complexity index is 757. The number of hydrogen-bond acceptors (Lipinski definition) is 5. The van der Waals surface area contributed by atoms with Crippen LogP contribution in [0, 0.1) is 6.92 Å². The van der Waals surface area contributed by atoms with E-state index in [9.17, 15) is 0 Å². The van der Waals surface area contributed by atoms with Crippen LogP contribution in [-0.2, 0) is 20.1 Å². The molecule has 8 nitrogen and oxygen atoms in total. The summed E-state index contributed by atoms with van der Waals surface area (Å²) < 4.78 is 12.6. The first-order valence-electron chi connectivity index (χ1n) is 9.17. The van der Waals surface area contributed by atoms with Gasteiger partial charge < -0.3 is 24.7 Å². The maximum Gasteiger partial charge on any atom is 0.191 e. The Balaban J connectivity index is 2.06. The summed E-state index contributed by atoms with van der Waals surface area (Å²) in [6.45, 7) is 6.05. The van der Waals surface area contributed by atoms with Crippen molar-refractivity contribution in [2.45, 2.75) is 39.8 Å². The minimum Gasteiger partial charge on any atom is -0.493 e. The summed E-state index contributed by atoms with van der Waals surface area (Å²) in [5, 5.41) is 15.0. The molecule has 0 radical (unpaired) electrons. The summed E-state index contributed by atoms with van der Waals surface area (Å²) in [6, 6.07) is 5.82. The lowest BCUT2D eigenvalue weighted by Gasteiger charge is -2.13. The summed E-state index contributed by atoms with van der Waals surface area (Å²) in [5.41, 5.74) is 1.04. The first kappa shape index (κ1) is 20.5. The fourth-order valence-electron chi connectivity index (χ4n) is 2.47. The van der Waals surface area contributed by atoms with Crippen LogP contribution < -0.4 is 20.1 Å². The van der Waals surface area contributed by atoms with E-state index in [1.165, 1.54) is 0 Å². The van der Waals surface area contributed by atoms with Crippen LogP contribution in [0.1, 0.15) is 37.0 Å². The Morgan fingerprint density at radius 3 is 2.56 bits per heavy atom. The minimum absolute atomic E-state index is 0.527. The highest BCUT2D eigenvalue weighted by Crippen LogP contribution is 2.27. The predicted molar refractivity (Wildman–Crippen MR) is 106 cm³/mol. The van der Waals surface area contributed by atoms with Gasteiger partial charge in [-0.25, -0.2) is 4.99 Å². The van der Waals surface area contributed by atoms with E-state index in [0.717, 1.165) is 42.6 Å². The summed E-state index contributed by atoms with van der Waals surface area (Å²) in [5.74, 6) is 3.91. The molecule has 2 N–H and O–H groups in total. The number of benzene rings is 1. The number of ether oxygens (including phenoxy) is 2. The van der Waals surface area contributed by atoms with Crippen LogP contribution in [0.2, 0.25) is 0 Å². The molecule has 0 aliphatic heterocycles. The van der Waals surface area contributed by atoms with E-state index in [-0.39, 0.29) is 0 Å². The number of guanidine groups is 1. The van der Waals surface area contributed by atoms with E-state index in [0.29, 0.717) is 24.6 Å².